The molecule has 1 aromatic heterocycles. The van der Waals surface area contributed by atoms with Crippen molar-refractivity contribution in [2.24, 2.45) is 5.16 Å². The monoisotopic (exact) mass is 239 g/mol. The molecule has 0 saturated carbocycles. The van der Waals surface area contributed by atoms with Crippen molar-refractivity contribution in [3.05, 3.63) is 30.0 Å². The lowest BCUT2D eigenvalue weighted by molar-refractivity contribution is 0.322. The Balaban J connectivity index is 2.68. The Morgan fingerprint density at radius 1 is 1.50 bits per heavy atom. The first-order valence-corrected chi connectivity index (χ1v) is 6.23. The van der Waals surface area contributed by atoms with E-state index in [4.69, 9.17) is 5.21 Å². The summed E-state index contributed by atoms with van der Waals surface area (Å²) in [6, 6.07) is 4.94. The van der Waals surface area contributed by atoms with Gasteiger partial charge < -0.3 is 5.21 Å². The summed E-state index contributed by atoms with van der Waals surface area (Å²) < 4.78 is 23.7. The predicted octanol–water partition coefficient (Wildman–Crippen LogP) is 0.652. The van der Waals surface area contributed by atoms with Gasteiger partial charge in [0.1, 0.15) is 0 Å². The summed E-state index contributed by atoms with van der Waals surface area (Å²) >= 11 is 0. The van der Waals surface area contributed by atoms with Crippen molar-refractivity contribution >= 4 is 27.1 Å². The van der Waals surface area contributed by atoms with Crippen molar-refractivity contribution in [3.63, 3.8) is 0 Å². The highest BCUT2D eigenvalue weighted by Gasteiger charge is 2.11. The van der Waals surface area contributed by atoms with Crippen LogP contribution in [0.4, 0.5) is 0 Å². The Hall–Kier alpha value is -1.89. The van der Waals surface area contributed by atoms with Gasteiger partial charge in [-0.25, -0.2) is 8.42 Å². The summed E-state index contributed by atoms with van der Waals surface area (Å²) in [6.45, 7) is 0. The molecule has 0 fully saturated rings. The molecule has 0 aliphatic heterocycles. The maximum atomic E-state index is 11.4. The van der Waals surface area contributed by atoms with Gasteiger partial charge in [0.15, 0.2) is 0 Å². The third kappa shape index (κ3) is 1.76. The van der Waals surface area contributed by atoms with Crippen molar-refractivity contribution in [2.45, 2.75) is 0 Å². The Labute approximate surface area is 91.9 Å². The second kappa shape index (κ2) is 3.60. The normalized spacial score (nSPS) is 12.6. The van der Waals surface area contributed by atoms with E-state index in [9.17, 15) is 8.42 Å². The Kier molecular flexibility index (Phi) is 2.39. The Bertz CT molecular complexity index is 658. The molecule has 2 rings (SSSR count). The Morgan fingerprint density at radius 2 is 2.25 bits per heavy atom. The van der Waals surface area contributed by atoms with Crippen LogP contribution in [0.1, 0.15) is 5.56 Å². The van der Waals surface area contributed by atoms with Crippen LogP contribution in [0.5, 0.6) is 0 Å². The standard InChI is InChI=1S/C9H9N3O3S/c1-16(14,15)12-9-3-2-7(5-11-13)4-8(9)6-10-12/h2-6,13H,1H3. The zero-order valence-electron chi connectivity index (χ0n) is 8.40. The molecule has 6 nitrogen and oxygen atoms in total. The van der Waals surface area contributed by atoms with E-state index in [-0.39, 0.29) is 0 Å². The van der Waals surface area contributed by atoms with Gasteiger partial charge in [0.25, 0.3) is 10.0 Å². The van der Waals surface area contributed by atoms with Crippen LogP contribution in [-0.2, 0) is 10.0 Å². The van der Waals surface area contributed by atoms with Gasteiger partial charge in [0.05, 0.1) is 24.2 Å². The second-order valence-electron chi connectivity index (χ2n) is 3.31. The van der Waals surface area contributed by atoms with Crippen molar-refractivity contribution in [1.82, 2.24) is 9.19 Å². The predicted molar refractivity (Wildman–Crippen MR) is 59.4 cm³/mol. The van der Waals surface area contributed by atoms with Gasteiger partial charge in [-0.15, -0.1) is 0 Å². The summed E-state index contributed by atoms with van der Waals surface area (Å²) in [5.41, 5.74) is 1.17. The molecule has 1 aromatic carbocycles. The molecule has 0 unspecified atom stereocenters. The maximum absolute atomic E-state index is 11.4. The first-order chi connectivity index (χ1) is 7.52. The molecule has 0 saturated heterocycles. The lowest BCUT2D eigenvalue weighted by Gasteiger charge is -1.99. The number of nitrogens with zero attached hydrogens (tertiary/aromatic N) is 3. The van der Waals surface area contributed by atoms with Crippen LogP contribution in [0.25, 0.3) is 10.9 Å². The van der Waals surface area contributed by atoms with Gasteiger partial charge in [-0.3, -0.25) is 0 Å². The molecule has 1 N–H and O–H groups in total. The van der Waals surface area contributed by atoms with Crippen LogP contribution in [0.3, 0.4) is 0 Å². The number of hydrogen-bond donors (Lipinski definition) is 1. The lowest BCUT2D eigenvalue weighted by Crippen LogP contribution is -2.11. The third-order valence-electron chi connectivity index (χ3n) is 2.08. The second-order valence-corrected chi connectivity index (χ2v) is 5.13. The average Bonchev–Trinajstić information content (AvgIpc) is 2.60. The summed E-state index contributed by atoms with van der Waals surface area (Å²) in [7, 11) is -3.39. The molecule has 16 heavy (non-hydrogen) atoms. The van der Waals surface area contributed by atoms with E-state index >= 15 is 0 Å². The minimum Gasteiger partial charge on any atom is -0.411 e. The number of aromatic nitrogens is 2. The van der Waals surface area contributed by atoms with Crippen molar-refractivity contribution in [3.8, 4) is 0 Å². The van der Waals surface area contributed by atoms with Crippen LogP contribution < -0.4 is 0 Å². The maximum Gasteiger partial charge on any atom is 0.251 e. The van der Waals surface area contributed by atoms with Gasteiger partial charge in [0, 0.05) is 5.39 Å². The molecular formula is C9H9N3O3S. The lowest BCUT2D eigenvalue weighted by atomic mass is 10.2. The topological polar surface area (TPSA) is 84.5 Å². The van der Waals surface area contributed by atoms with E-state index in [0.29, 0.717) is 16.5 Å². The number of rotatable bonds is 2. The molecule has 0 amide bonds. The van der Waals surface area contributed by atoms with Gasteiger partial charge in [-0.2, -0.15) is 9.19 Å². The number of hydrogen-bond acceptors (Lipinski definition) is 5. The molecule has 0 aliphatic rings. The van der Waals surface area contributed by atoms with Gasteiger partial charge in [-0.05, 0) is 17.7 Å². The van der Waals surface area contributed by atoms with Gasteiger partial charge in [-0.1, -0.05) is 11.2 Å². The summed E-state index contributed by atoms with van der Waals surface area (Å²) in [4.78, 5) is 0. The molecular weight excluding hydrogens is 230 g/mol. The van der Waals surface area contributed by atoms with E-state index in [1.807, 2.05) is 0 Å². The number of benzene rings is 1. The first kappa shape index (κ1) is 10.6. The van der Waals surface area contributed by atoms with Crippen LogP contribution in [-0.4, -0.2) is 35.3 Å². The SMILES string of the molecule is CS(=O)(=O)n1ncc2cc(C=NO)ccc21. The molecule has 2 aromatic rings. The Morgan fingerprint density at radius 3 is 2.88 bits per heavy atom. The number of oxime groups is 1. The molecule has 1 heterocycles. The van der Waals surface area contributed by atoms with Gasteiger partial charge in [0.2, 0.25) is 0 Å². The summed E-state index contributed by atoms with van der Waals surface area (Å²) in [5.74, 6) is 0. The zero-order valence-corrected chi connectivity index (χ0v) is 9.22. The highest BCUT2D eigenvalue weighted by Crippen LogP contribution is 2.16. The van der Waals surface area contributed by atoms with Crippen molar-refractivity contribution in [1.29, 1.82) is 0 Å². The zero-order chi connectivity index (χ0) is 11.8. The molecule has 0 aliphatic carbocycles. The molecule has 7 heteroatoms. The van der Waals surface area contributed by atoms with Crippen molar-refractivity contribution < 1.29 is 13.6 Å². The molecule has 0 bridgehead atoms. The molecule has 0 atom stereocenters. The van der Waals surface area contributed by atoms with E-state index < -0.39 is 10.0 Å². The first-order valence-electron chi connectivity index (χ1n) is 4.38. The van der Waals surface area contributed by atoms with Crippen molar-refractivity contribution in [2.75, 3.05) is 6.26 Å². The molecule has 84 valence electrons. The van der Waals surface area contributed by atoms with Crippen LogP contribution in [0, 0.1) is 0 Å². The summed E-state index contributed by atoms with van der Waals surface area (Å²) in [5, 5.41) is 15.7. The van der Waals surface area contributed by atoms with E-state index in [1.54, 1.807) is 18.2 Å². The largest absolute Gasteiger partial charge is 0.411 e. The highest BCUT2D eigenvalue weighted by molar-refractivity contribution is 7.89. The minimum atomic E-state index is -3.39. The molecule has 0 spiro atoms. The fourth-order valence-electron chi connectivity index (χ4n) is 1.44. The van der Waals surface area contributed by atoms with Crippen LogP contribution in [0.2, 0.25) is 0 Å². The van der Waals surface area contributed by atoms with Crippen LogP contribution in [0.15, 0.2) is 29.6 Å². The van der Waals surface area contributed by atoms with E-state index in [1.165, 1.54) is 12.4 Å². The fraction of sp³-hybridized carbons (Fsp3) is 0.111. The van der Waals surface area contributed by atoms with Crippen LogP contribution >= 0.6 is 0 Å². The van der Waals surface area contributed by atoms with Gasteiger partial charge >= 0.3 is 0 Å². The smallest absolute Gasteiger partial charge is 0.251 e. The van der Waals surface area contributed by atoms with E-state index in [0.717, 1.165) is 10.3 Å². The van der Waals surface area contributed by atoms with E-state index in [2.05, 4.69) is 10.3 Å². The minimum absolute atomic E-state index is 0.498. The fourth-order valence-corrected chi connectivity index (χ4v) is 2.18. The third-order valence-corrected chi connectivity index (χ3v) is 3.00. The summed E-state index contributed by atoms with van der Waals surface area (Å²) in [6.07, 6.45) is 3.80. The molecule has 0 radical (unpaired) electrons. The average molecular weight is 239 g/mol. The highest BCUT2D eigenvalue weighted by atomic mass is 32.2. The number of fused-ring (bicyclic) bond motifs is 1. The quantitative estimate of drug-likeness (QED) is 0.474.